The van der Waals surface area contributed by atoms with Crippen LogP contribution in [-0.2, 0) is 16.0 Å². The number of aryl methyl sites for hydroxylation is 1. The maximum Gasteiger partial charge on any atom is 0.305 e. The standard InChI is InChI=1S/C17H25NO4/c1-5-17(6-2,11-16(20)21)18-15(19)10-13-9-12(3)7-8-14(13)22-4/h7-9H,5-6,10-11H2,1-4H3,(H,18,19)(H,20,21). The summed E-state index contributed by atoms with van der Waals surface area (Å²) in [6, 6.07) is 5.67. The van der Waals surface area contributed by atoms with Gasteiger partial charge < -0.3 is 15.2 Å². The molecule has 0 unspecified atom stereocenters. The fourth-order valence-electron chi connectivity index (χ4n) is 2.57. The van der Waals surface area contributed by atoms with E-state index in [2.05, 4.69) is 5.32 Å². The second-order valence-electron chi connectivity index (χ2n) is 5.60. The Labute approximate surface area is 131 Å². The molecule has 22 heavy (non-hydrogen) atoms. The largest absolute Gasteiger partial charge is 0.496 e. The maximum absolute atomic E-state index is 12.3. The minimum Gasteiger partial charge on any atom is -0.496 e. The monoisotopic (exact) mass is 307 g/mol. The van der Waals surface area contributed by atoms with Crippen molar-refractivity contribution in [3.63, 3.8) is 0 Å². The van der Waals surface area contributed by atoms with Crippen molar-refractivity contribution in [1.82, 2.24) is 5.32 Å². The molecule has 0 radical (unpaired) electrons. The lowest BCUT2D eigenvalue weighted by Crippen LogP contribution is -2.49. The van der Waals surface area contributed by atoms with Crippen LogP contribution in [-0.4, -0.2) is 29.6 Å². The van der Waals surface area contributed by atoms with Crippen LogP contribution < -0.4 is 10.1 Å². The predicted molar refractivity (Wildman–Crippen MR) is 85.1 cm³/mol. The molecule has 5 heteroatoms. The molecular formula is C17H25NO4. The number of carboxylic acid groups (broad SMARTS) is 1. The summed E-state index contributed by atoms with van der Waals surface area (Å²) in [6.07, 6.45) is 1.25. The predicted octanol–water partition coefficient (Wildman–Crippen LogP) is 2.70. The quantitative estimate of drug-likeness (QED) is 0.774. The van der Waals surface area contributed by atoms with E-state index in [1.165, 1.54) is 0 Å². The van der Waals surface area contributed by atoms with Crippen LogP contribution in [0.1, 0.15) is 44.2 Å². The van der Waals surface area contributed by atoms with Crippen molar-refractivity contribution < 1.29 is 19.4 Å². The Hall–Kier alpha value is -2.04. The van der Waals surface area contributed by atoms with Gasteiger partial charge in [0.05, 0.1) is 20.0 Å². The maximum atomic E-state index is 12.3. The number of methoxy groups -OCH3 is 1. The van der Waals surface area contributed by atoms with E-state index in [0.717, 1.165) is 11.1 Å². The van der Waals surface area contributed by atoms with E-state index in [1.54, 1.807) is 7.11 Å². The number of hydrogen-bond acceptors (Lipinski definition) is 3. The first-order chi connectivity index (χ1) is 10.4. The number of amides is 1. The Kier molecular flexibility index (Phi) is 6.40. The highest BCUT2D eigenvalue weighted by molar-refractivity contribution is 5.81. The number of nitrogens with one attached hydrogen (secondary N) is 1. The van der Waals surface area contributed by atoms with Gasteiger partial charge in [0.25, 0.3) is 0 Å². The van der Waals surface area contributed by atoms with Crippen LogP contribution in [0.2, 0.25) is 0 Å². The topological polar surface area (TPSA) is 75.6 Å². The highest BCUT2D eigenvalue weighted by Gasteiger charge is 2.31. The molecule has 0 atom stereocenters. The molecular weight excluding hydrogens is 282 g/mol. The van der Waals surface area contributed by atoms with Crippen LogP contribution in [0.25, 0.3) is 0 Å². The summed E-state index contributed by atoms with van der Waals surface area (Å²) in [5.41, 5.74) is 1.16. The molecule has 0 aliphatic rings. The average molecular weight is 307 g/mol. The molecule has 1 rings (SSSR count). The smallest absolute Gasteiger partial charge is 0.305 e. The van der Waals surface area contributed by atoms with Gasteiger partial charge in [0, 0.05) is 11.1 Å². The Morgan fingerprint density at radius 1 is 1.27 bits per heavy atom. The van der Waals surface area contributed by atoms with Gasteiger partial charge in [-0.15, -0.1) is 0 Å². The van der Waals surface area contributed by atoms with Gasteiger partial charge in [-0.05, 0) is 25.8 Å². The Balaban J connectivity index is 2.88. The van der Waals surface area contributed by atoms with E-state index in [1.807, 2.05) is 39.0 Å². The first-order valence-corrected chi connectivity index (χ1v) is 7.52. The summed E-state index contributed by atoms with van der Waals surface area (Å²) in [5, 5.41) is 12.0. The molecule has 5 nitrogen and oxygen atoms in total. The summed E-state index contributed by atoms with van der Waals surface area (Å²) in [6.45, 7) is 5.73. The zero-order valence-corrected chi connectivity index (χ0v) is 13.7. The van der Waals surface area contributed by atoms with Gasteiger partial charge in [-0.3, -0.25) is 9.59 Å². The Morgan fingerprint density at radius 3 is 2.41 bits per heavy atom. The van der Waals surface area contributed by atoms with Crippen LogP contribution in [0.15, 0.2) is 18.2 Å². The fraction of sp³-hybridized carbons (Fsp3) is 0.529. The number of carbonyl (C=O) groups is 2. The molecule has 1 aromatic carbocycles. The van der Waals surface area contributed by atoms with Gasteiger partial charge in [0.2, 0.25) is 5.91 Å². The van der Waals surface area contributed by atoms with Crippen LogP contribution in [0, 0.1) is 6.92 Å². The van der Waals surface area contributed by atoms with Gasteiger partial charge in [0.15, 0.2) is 0 Å². The Morgan fingerprint density at radius 2 is 1.91 bits per heavy atom. The van der Waals surface area contributed by atoms with E-state index < -0.39 is 11.5 Å². The van der Waals surface area contributed by atoms with E-state index >= 15 is 0 Å². The third-order valence-corrected chi connectivity index (χ3v) is 4.03. The lowest BCUT2D eigenvalue weighted by Gasteiger charge is -2.31. The minimum atomic E-state index is -0.905. The van der Waals surface area contributed by atoms with Crippen molar-refractivity contribution in [2.45, 2.75) is 52.0 Å². The van der Waals surface area contributed by atoms with Gasteiger partial charge >= 0.3 is 5.97 Å². The first kappa shape index (κ1) is 18.0. The molecule has 0 saturated carbocycles. The normalized spacial score (nSPS) is 11.1. The number of hydrogen-bond donors (Lipinski definition) is 2. The van der Waals surface area contributed by atoms with Crippen LogP contribution in [0.5, 0.6) is 5.75 Å². The molecule has 2 N–H and O–H groups in total. The summed E-state index contributed by atoms with van der Waals surface area (Å²) >= 11 is 0. The number of rotatable bonds is 8. The molecule has 0 aromatic heterocycles. The number of carbonyl (C=O) groups excluding carboxylic acids is 1. The van der Waals surface area contributed by atoms with Gasteiger partial charge in [-0.1, -0.05) is 31.5 Å². The van der Waals surface area contributed by atoms with Gasteiger partial charge in [0.1, 0.15) is 5.75 Å². The third kappa shape index (κ3) is 4.76. The molecule has 1 amide bonds. The summed E-state index contributed by atoms with van der Waals surface area (Å²) < 4.78 is 5.27. The molecule has 0 saturated heterocycles. The molecule has 1 aromatic rings. The highest BCUT2D eigenvalue weighted by atomic mass is 16.5. The Bertz CT molecular complexity index is 535. The molecule has 0 fully saturated rings. The van der Waals surface area contributed by atoms with Crippen LogP contribution in [0.3, 0.4) is 0 Å². The number of carboxylic acids is 1. The van der Waals surface area contributed by atoms with Crippen molar-refractivity contribution in [1.29, 1.82) is 0 Å². The van der Waals surface area contributed by atoms with Crippen molar-refractivity contribution in [2.75, 3.05) is 7.11 Å². The van der Waals surface area contributed by atoms with E-state index in [4.69, 9.17) is 9.84 Å². The molecule has 122 valence electrons. The lowest BCUT2D eigenvalue weighted by atomic mass is 9.88. The van der Waals surface area contributed by atoms with Crippen LogP contribution in [0.4, 0.5) is 0 Å². The van der Waals surface area contributed by atoms with Crippen molar-refractivity contribution in [2.24, 2.45) is 0 Å². The summed E-state index contributed by atoms with van der Waals surface area (Å²) in [4.78, 5) is 23.4. The second-order valence-corrected chi connectivity index (χ2v) is 5.60. The zero-order valence-electron chi connectivity index (χ0n) is 13.7. The highest BCUT2D eigenvalue weighted by Crippen LogP contribution is 2.23. The van der Waals surface area contributed by atoms with Crippen molar-refractivity contribution in [3.05, 3.63) is 29.3 Å². The molecule has 0 aliphatic carbocycles. The van der Waals surface area contributed by atoms with Gasteiger partial charge in [-0.25, -0.2) is 0 Å². The zero-order chi connectivity index (χ0) is 16.8. The molecule has 0 heterocycles. The number of ether oxygens (including phenoxy) is 1. The fourth-order valence-corrected chi connectivity index (χ4v) is 2.57. The van der Waals surface area contributed by atoms with E-state index in [-0.39, 0.29) is 18.7 Å². The average Bonchev–Trinajstić information content (AvgIpc) is 2.46. The summed E-state index contributed by atoms with van der Waals surface area (Å²) in [7, 11) is 1.57. The molecule has 0 spiro atoms. The van der Waals surface area contributed by atoms with E-state index in [9.17, 15) is 9.59 Å². The lowest BCUT2D eigenvalue weighted by molar-refractivity contribution is -0.139. The van der Waals surface area contributed by atoms with Crippen molar-refractivity contribution in [3.8, 4) is 5.75 Å². The molecule has 0 aliphatic heterocycles. The second kappa shape index (κ2) is 7.82. The first-order valence-electron chi connectivity index (χ1n) is 7.52. The molecule has 0 bridgehead atoms. The van der Waals surface area contributed by atoms with Gasteiger partial charge in [-0.2, -0.15) is 0 Å². The SMILES string of the molecule is CCC(CC)(CC(=O)O)NC(=O)Cc1cc(C)ccc1OC. The summed E-state index contributed by atoms with van der Waals surface area (Å²) in [5.74, 6) is -0.427. The van der Waals surface area contributed by atoms with Crippen LogP contribution >= 0.6 is 0 Å². The van der Waals surface area contributed by atoms with E-state index in [0.29, 0.717) is 18.6 Å². The minimum absolute atomic E-state index is 0.0727. The van der Waals surface area contributed by atoms with Crippen molar-refractivity contribution >= 4 is 11.9 Å². The number of benzene rings is 1. The number of aliphatic carboxylic acids is 1. The third-order valence-electron chi connectivity index (χ3n) is 4.03.